The molecule has 1 aliphatic carbocycles. The van der Waals surface area contributed by atoms with Crippen LogP contribution in [0.5, 0.6) is 0 Å². The van der Waals surface area contributed by atoms with Gasteiger partial charge in [-0.2, -0.15) is 0 Å². The van der Waals surface area contributed by atoms with Gasteiger partial charge in [0.2, 0.25) is 5.76 Å². The van der Waals surface area contributed by atoms with Gasteiger partial charge in [0.1, 0.15) is 0 Å². The lowest BCUT2D eigenvalue weighted by Gasteiger charge is -2.16. The summed E-state index contributed by atoms with van der Waals surface area (Å²) in [6.07, 6.45) is 4.11. The highest BCUT2D eigenvalue weighted by Gasteiger charge is 2.40. The Morgan fingerprint density at radius 3 is 2.95 bits per heavy atom. The highest BCUT2D eigenvalue weighted by molar-refractivity contribution is 5.85. The van der Waals surface area contributed by atoms with Crippen LogP contribution >= 0.6 is 12.4 Å². The van der Waals surface area contributed by atoms with Crippen molar-refractivity contribution < 1.29 is 8.94 Å². The Morgan fingerprint density at radius 1 is 1.29 bits per heavy atom. The lowest BCUT2D eigenvalue weighted by atomic mass is 9.98. The molecule has 0 radical (unpaired) electrons. The number of fused-ring (bicyclic) bond motifs is 1. The van der Waals surface area contributed by atoms with Crippen LogP contribution in [0.1, 0.15) is 18.5 Å². The minimum atomic E-state index is 0. The van der Waals surface area contributed by atoms with Gasteiger partial charge in [-0.25, -0.2) is 0 Å². The van der Waals surface area contributed by atoms with E-state index < -0.39 is 0 Å². The molecule has 1 saturated carbocycles. The summed E-state index contributed by atoms with van der Waals surface area (Å²) in [5.74, 6) is 2.87. The van der Waals surface area contributed by atoms with Crippen LogP contribution in [0.2, 0.25) is 0 Å². The van der Waals surface area contributed by atoms with Crippen molar-refractivity contribution in [2.24, 2.45) is 17.6 Å². The van der Waals surface area contributed by atoms with E-state index in [4.69, 9.17) is 14.7 Å². The van der Waals surface area contributed by atoms with Crippen LogP contribution < -0.4 is 5.73 Å². The van der Waals surface area contributed by atoms with Crippen molar-refractivity contribution in [2.45, 2.75) is 25.4 Å². The molecule has 3 atom stereocenters. The molecule has 1 aliphatic heterocycles. The Morgan fingerprint density at radius 2 is 2.19 bits per heavy atom. The molecule has 0 aromatic carbocycles. The molecule has 4 rings (SSSR count). The standard InChI is InChI=1S/C15H19N3O2.ClH/c16-13-4-3-10-7-18(9-12(10)13)8-11-6-15(20-17-11)14-2-1-5-19-14;/h1-2,5-6,10,12-13H,3-4,7-9,16H2;1H. The summed E-state index contributed by atoms with van der Waals surface area (Å²) < 4.78 is 10.7. The summed E-state index contributed by atoms with van der Waals surface area (Å²) in [4.78, 5) is 2.44. The van der Waals surface area contributed by atoms with E-state index in [2.05, 4.69) is 10.1 Å². The lowest BCUT2D eigenvalue weighted by molar-refractivity contribution is 0.286. The van der Waals surface area contributed by atoms with E-state index in [1.54, 1.807) is 6.26 Å². The van der Waals surface area contributed by atoms with Crippen molar-refractivity contribution in [3.63, 3.8) is 0 Å². The van der Waals surface area contributed by atoms with E-state index in [1.165, 1.54) is 12.8 Å². The summed E-state index contributed by atoms with van der Waals surface area (Å²) in [7, 11) is 0. The minimum absolute atomic E-state index is 0. The molecule has 1 saturated heterocycles. The first-order valence-electron chi connectivity index (χ1n) is 7.27. The summed E-state index contributed by atoms with van der Waals surface area (Å²) >= 11 is 0. The van der Waals surface area contributed by atoms with Gasteiger partial charge < -0.3 is 14.7 Å². The number of nitrogens with zero attached hydrogens (tertiary/aromatic N) is 2. The number of nitrogens with two attached hydrogens (primary N) is 1. The molecule has 0 amide bonds. The molecule has 3 heterocycles. The molecule has 2 aliphatic rings. The van der Waals surface area contributed by atoms with Gasteiger partial charge in [0.15, 0.2) is 5.76 Å². The fourth-order valence-electron chi connectivity index (χ4n) is 3.68. The molecular weight excluding hydrogens is 290 g/mol. The topological polar surface area (TPSA) is 68.4 Å². The molecule has 0 bridgehead atoms. The average Bonchev–Trinajstić information content (AvgIpc) is 3.17. The number of hydrogen-bond donors (Lipinski definition) is 1. The largest absolute Gasteiger partial charge is 0.461 e. The van der Waals surface area contributed by atoms with Crippen molar-refractivity contribution >= 4 is 12.4 Å². The summed E-state index contributed by atoms with van der Waals surface area (Å²) in [6.45, 7) is 3.07. The van der Waals surface area contributed by atoms with Crippen LogP contribution in [0.3, 0.4) is 0 Å². The first-order chi connectivity index (χ1) is 9.79. The van der Waals surface area contributed by atoms with Gasteiger partial charge in [-0.15, -0.1) is 12.4 Å². The normalized spacial score (nSPS) is 28.5. The molecule has 3 unspecified atom stereocenters. The number of rotatable bonds is 3. The van der Waals surface area contributed by atoms with Crippen molar-refractivity contribution in [1.29, 1.82) is 0 Å². The van der Waals surface area contributed by atoms with Crippen molar-refractivity contribution in [1.82, 2.24) is 10.1 Å². The Labute approximate surface area is 129 Å². The summed E-state index contributed by atoms with van der Waals surface area (Å²) in [5, 5.41) is 4.14. The summed E-state index contributed by atoms with van der Waals surface area (Å²) in [6, 6.07) is 6.08. The molecule has 2 aromatic rings. The molecular formula is C15H20ClN3O2. The Hall–Kier alpha value is -1.30. The van der Waals surface area contributed by atoms with E-state index in [0.717, 1.165) is 37.0 Å². The van der Waals surface area contributed by atoms with Crippen LogP contribution in [0, 0.1) is 11.8 Å². The van der Waals surface area contributed by atoms with Crippen molar-refractivity contribution in [3.8, 4) is 11.5 Å². The molecule has 114 valence electrons. The molecule has 2 aromatic heterocycles. The minimum Gasteiger partial charge on any atom is -0.461 e. The van der Waals surface area contributed by atoms with Crippen LogP contribution in [0.25, 0.3) is 11.5 Å². The SMILES string of the molecule is Cl.NC1CCC2CN(Cc3cc(-c4ccco4)on3)CC12. The second-order valence-electron chi connectivity index (χ2n) is 6.02. The van der Waals surface area contributed by atoms with Gasteiger partial charge in [0.25, 0.3) is 0 Å². The number of furan rings is 1. The molecule has 21 heavy (non-hydrogen) atoms. The fourth-order valence-corrected chi connectivity index (χ4v) is 3.68. The monoisotopic (exact) mass is 309 g/mol. The van der Waals surface area contributed by atoms with E-state index in [1.807, 2.05) is 18.2 Å². The Kier molecular flexibility index (Phi) is 4.06. The van der Waals surface area contributed by atoms with Crippen LogP contribution in [0.15, 0.2) is 33.4 Å². The number of aromatic nitrogens is 1. The third-order valence-corrected chi connectivity index (χ3v) is 4.70. The highest BCUT2D eigenvalue weighted by atomic mass is 35.5. The first kappa shape index (κ1) is 14.6. The van der Waals surface area contributed by atoms with Gasteiger partial charge in [-0.05, 0) is 36.8 Å². The van der Waals surface area contributed by atoms with Crippen molar-refractivity contribution in [3.05, 3.63) is 30.2 Å². The zero-order valence-corrected chi connectivity index (χ0v) is 12.6. The number of likely N-dealkylation sites (tertiary alicyclic amines) is 1. The quantitative estimate of drug-likeness (QED) is 0.943. The van der Waals surface area contributed by atoms with E-state index in [0.29, 0.717) is 17.7 Å². The second kappa shape index (κ2) is 5.83. The first-order valence-corrected chi connectivity index (χ1v) is 7.27. The van der Waals surface area contributed by atoms with E-state index in [-0.39, 0.29) is 12.4 Å². The third-order valence-electron chi connectivity index (χ3n) is 4.70. The fraction of sp³-hybridized carbons (Fsp3) is 0.533. The number of halogens is 1. The Balaban J connectivity index is 0.00000132. The predicted octanol–water partition coefficient (Wildman–Crippen LogP) is 2.53. The van der Waals surface area contributed by atoms with Gasteiger partial charge >= 0.3 is 0 Å². The maximum absolute atomic E-state index is 6.17. The van der Waals surface area contributed by atoms with E-state index >= 15 is 0 Å². The maximum Gasteiger partial charge on any atom is 0.202 e. The molecule has 6 heteroatoms. The molecule has 5 nitrogen and oxygen atoms in total. The molecule has 0 spiro atoms. The zero-order valence-electron chi connectivity index (χ0n) is 11.8. The second-order valence-corrected chi connectivity index (χ2v) is 6.02. The maximum atomic E-state index is 6.17. The summed E-state index contributed by atoms with van der Waals surface area (Å²) in [5.41, 5.74) is 7.13. The number of hydrogen-bond acceptors (Lipinski definition) is 5. The van der Waals surface area contributed by atoms with Crippen LogP contribution in [-0.4, -0.2) is 29.2 Å². The van der Waals surface area contributed by atoms with Crippen molar-refractivity contribution in [2.75, 3.05) is 13.1 Å². The van der Waals surface area contributed by atoms with E-state index in [9.17, 15) is 0 Å². The third kappa shape index (κ3) is 2.73. The average molecular weight is 310 g/mol. The van der Waals surface area contributed by atoms with Gasteiger partial charge in [0.05, 0.1) is 12.0 Å². The van der Waals surface area contributed by atoms with Gasteiger partial charge in [0, 0.05) is 31.7 Å². The van der Waals surface area contributed by atoms with Gasteiger partial charge in [-0.1, -0.05) is 5.16 Å². The highest BCUT2D eigenvalue weighted by Crippen LogP contribution is 2.37. The van der Waals surface area contributed by atoms with Gasteiger partial charge in [-0.3, -0.25) is 4.90 Å². The zero-order chi connectivity index (χ0) is 13.5. The predicted molar refractivity (Wildman–Crippen MR) is 80.9 cm³/mol. The smallest absolute Gasteiger partial charge is 0.202 e. The molecule has 2 fully saturated rings. The van der Waals surface area contributed by atoms with Crippen LogP contribution in [0.4, 0.5) is 0 Å². The lowest BCUT2D eigenvalue weighted by Crippen LogP contribution is -2.30. The van der Waals surface area contributed by atoms with Crippen LogP contribution in [-0.2, 0) is 6.54 Å². The Bertz CT molecular complexity index is 584. The molecule has 2 N–H and O–H groups in total.